The molecule has 0 saturated heterocycles. The fraction of sp³-hybridized carbons (Fsp3) is 0.500. The predicted molar refractivity (Wildman–Crippen MR) is 71.0 cm³/mol. The largest absolute Gasteiger partial charge is 0.496 e. The van der Waals surface area contributed by atoms with Gasteiger partial charge in [-0.05, 0) is 24.1 Å². The minimum Gasteiger partial charge on any atom is -0.496 e. The molecule has 0 radical (unpaired) electrons. The molecule has 2 nitrogen and oxygen atoms in total. The SMILES string of the molecule is CCCC(C)CC(=O)c1ccc(Cl)cc1OC. The number of halogens is 1. The summed E-state index contributed by atoms with van der Waals surface area (Å²) in [4.78, 5) is 12.1. The lowest BCUT2D eigenvalue weighted by Gasteiger charge is -2.11. The molecule has 0 aliphatic rings. The molecule has 0 bridgehead atoms. The van der Waals surface area contributed by atoms with E-state index in [1.54, 1.807) is 25.3 Å². The van der Waals surface area contributed by atoms with E-state index in [2.05, 4.69) is 13.8 Å². The van der Waals surface area contributed by atoms with Crippen molar-refractivity contribution in [2.45, 2.75) is 33.1 Å². The summed E-state index contributed by atoms with van der Waals surface area (Å²) in [6.45, 7) is 4.23. The fourth-order valence-corrected chi connectivity index (χ4v) is 2.08. The first-order valence-electron chi connectivity index (χ1n) is 5.95. The number of Topliss-reactive ketones (excluding diaryl/α,β-unsaturated/α-hetero) is 1. The van der Waals surface area contributed by atoms with E-state index in [4.69, 9.17) is 16.3 Å². The van der Waals surface area contributed by atoms with Crippen molar-refractivity contribution in [3.8, 4) is 5.75 Å². The van der Waals surface area contributed by atoms with Gasteiger partial charge < -0.3 is 4.74 Å². The molecule has 0 amide bonds. The van der Waals surface area contributed by atoms with Gasteiger partial charge in [0.15, 0.2) is 5.78 Å². The Morgan fingerprint density at radius 1 is 1.47 bits per heavy atom. The zero-order chi connectivity index (χ0) is 12.8. The Labute approximate surface area is 108 Å². The summed E-state index contributed by atoms with van der Waals surface area (Å²) in [6.07, 6.45) is 2.74. The van der Waals surface area contributed by atoms with Crippen LogP contribution in [-0.4, -0.2) is 12.9 Å². The fourth-order valence-electron chi connectivity index (χ4n) is 1.92. The van der Waals surface area contributed by atoms with Crippen molar-refractivity contribution in [1.29, 1.82) is 0 Å². The summed E-state index contributed by atoms with van der Waals surface area (Å²) in [5, 5.41) is 0.583. The van der Waals surface area contributed by atoms with Crippen molar-refractivity contribution < 1.29 is 9.53 Å². The number of methoxy groups -OCH3 is 1. The van der Waals surface area contributed by atoms with Crippen LogP contribution in [0.15, 0.2) is 18.2 Å². The van der Waals surface area contributed by atoms with E-state index in [0.717, 1.165) is 12.8 Å². The predicted octanol–water partition coefficient (Wildman–Crippen LogP) is 4.36. The first-order valence-corrected chi connectivity index (χ1v) is 6.33. The maximum absolute atomic E-state index is 12.1. The number of ketones is 1. The minimum atomic E-state index is 0.125. The highest BCUT2D eigenvalue weighted by atomic mass is 35.5. The van der Waals surface area contributed by atoms with Gasteiger partial charge in [0, 0.05) is 11.4 Å². The highest BCUT2D eigenvalue weighted by Gasteiger charge is 2.15. The molecular weight excluding hydrogens is 236 g/mol. The number of ether oxygens (including phenoxy) is 1. The Bertz CT molecular complexity index is 388. The minimum absolute atomic E-state index is 0.125. The molecule has 0 heterocycles. The van der Waals surface area contributed by atoms with Crippen molar-refractivity contribution in [2.75, 3.05) is 7.11 Å². The van der Waals surface area contributed by atoms with Crippen LogP contribution in [0.3, 0.4) is 0 Å². The van der Waals surface area contributed by atoms with Crippen molar-refractivity contribution in [2.24, 2.45) is 5.92 Å². The first kappa shape index (κ1) is 14.0. The van der Waals surface area contributed by atoms with E-state index in [-0.39, 0.29) is 5.78 Å². The van der Waals surface area contributed by atoms with Gasteiger partial charge in [0.25, 0.3) is 0 Å². The Morgan fingerprint density at radius 2 is 2.18 bits per heavy atom. The van der Waals surface area contributed by atoms with Crippen LogP contribution in [0, 0.1) is 5.92 Å². The quantitative estimate of drug-likeness (QED) is 0.705. The summed E-state index contributed by atoms with van der Waals surface area (Å²) in [7, 11) is 1.55. The molecule has 1 unspecified atom stereocenters. The molecule has 1 atom stereocenters. The van der Waals surface area contributed by atoms with Crippen LogP contribution >= 0.6 is 11.6 Å². The normalized spacial score (nSPS) is 12.2. The third-order valence-corrected chi connectivity index (χ3v) is 3.01. The molecule has 0 aliphatic carbocycles. The molecule has 0 fully saturated rings. The molecule has 0 spiro atoms. The number of benzene rings is 1. The van der Waals surface area contributed by atoms with Crippen molar-refractivity contribution in [3.63, 3.8) is 0 Å². The second-order valence-corrected chi connectivity index (χ2v) is 4.80. The van der Waals surface area contributed by atoms with Crippen LogP contribution in [0.1, 0.15) is 43.5 Å². The van der Waals surface area contributed by atoms with Crippen LogP contribution in [0.2, 0.25) is 5.02 Å². The van der Waals surface area contributed by atoms with Gasteiger partial charge in [-0.2, -0.15) is 0 Å². The second-order valence-electron chi connectivity index (χ2n) is 4.37. The average molecular weight is 255 g/mol. The van der Waals surface area contributed by atoms with E-state index in [1.807, 2.05) is 0 Å². The van der Waals surface area contributed by atoms with E-state index >= 15 is 0 Å². The zero-order valence-electron chi connectivity index (χ0n) is 10.6. The van der Waals surface area contributed by atoms with Gasteiger partial charge in [0.2, 0.25) is 0 Å². The maximum atomic E-state index is 12.1. The van der Waals surface area contributed by atoms with E-state index in [9.17, 15) is 4.79 Å². The standard InChI is InChI=1S/C14H19ClO2/c1-4-5-10(2)8-13(16)12-7-6-11(15)9-14(12)17-3/h6-7,9-10H,4-5,8H2,1-3H3. The van der Waals surface area contributed by atoms with Crippen molar-refractivity contribution in [1.82, 2.24) is 0 Å². The molecule has 3 heteroatoms. The summed E-state index contributed by atoms with van der Waals surface area (Å²) >= 11 is 5.86. The van der Waals surface area contributed by atoms with Gasteiger partial charge >= 0.3 is 0 Å². The lowest BCUT2D eigenvalue weighted by atomic mass is 9.96. The molecule has 1 aromatic carbocycles. The van der Waals surface area contributed by atoms with Gasteiger partial charge in [-0.15, -0.1) is 0 Å². The van der Waals surface area contributed by atoms with Crippen molar-refractivity contribution in [3.05, 3.63) is 28.8 Å². The number of hydrogen-bond donors (Lipinski definition) is 0. The summed E-state index contributed by atoms with van der Waals surface area (Å²) in [6, 6.07) is 5.14. The van der Waals surface area contributed by atoms with Gasteiger partial charge in [-0.3, -0.25) is 4.79 Å². The summed E-state index contributed by atoms with van der Waals surface area (Å²) in [5.74, 6) is 1.10. The van der Waals surface area contributed by atoms with Crippen LogP contribution in [0.25, 0.3) is 0 Å². The summed E-state index contributed by atoms with van der Waals surface area (Å²) in [5.41, 5.74) is 0.625. The average Bonchev–Trinajstić information content (AvgIpc) is 2.28. The molecule has 94 valence electrons. The van der Waals surface area contributed by atoms with Crippen LogP contribution < -0.4 is 4.74 Å². The number of carbonyl (C=O) groups is 1. The zero-order valence-corrected chi connectivity index (χ0v) is 11.4. The summed E-state index contributed by atoms with van der Waals surface area (Å²) < 4.78 is 5.18. The van der Waals surface area contributed by atoms with Gasteiger partial charge in [0.05, 0.1) is 12.7 Å². The van der Waals surface area contributed by atoms with E-state index < -0.39 is 0 Å². The molecule has 17 heavy (non-hydrogen) atoms. The van der Waals surface area contributed by atoms with Crippen LogP contribution in [0.5, 0.6) is 5.75 Å². The smallest absolute Gasteiger partial charge is 0.166 e. The molecular formula is C14H19ClO2. The Morgan fingerprint density at radius 3 is 2.76 bits per heavy atom. The molecule has 0 saturated carbocycles. The first-order chi connectivity index (χ1) is 8.08. The molecule has 0 N–H and O–H groups in total. The van der Waals surface area contributed by atoms with E-state index in [1.165, 1.54) is 0 Å². The molecule has 0 aliphatic heterocycles. The van der Waals surface area contributed by atoms with Crippen molar-refractivity contribution >= 4 is 17.4 Å². The maximum Gasteiger partial charge on any atom is 0.166 e. The molecule has 1 aromatic rings. The third kappa shape index (κ3) is 4.04. The van der Waals surface area contributed by atoms with Crippen LogP contribution in [0.4, 0.5) is 0 Å². The third-order valence-electron chi connectivity index (χ3n) is 2.78. The Kier molecular flexibility index (Phi) is 5.49. The number of rotatable bonds is 6. The van der Waals surface area contributed by atoms with Gasteiger partial charge in [0.1, 0.15) is 5.75 Å². The lowest BCUT2D eigenvalue weighted by molar-refractivity contribution is 0.0959. The number of hydrogen-bond acceptors (Lipinski definition) is 2. The van der Waals surface area contributed by atoms with Gasteiger partial charge in [-0.1, -0.05) is 38.3 Å². The second kappa shape index (κ2) is 6.65. The monoisotopic (exact) mass is 254 g/mol. The van der Waals surface area contributed by atoms with E-state index in [0.29, 0.717) is 28.7 Å². The highest BCUT2D eigenvalue weighted by Crippen LogP contribution is 2.25. The molecule has 1 rings (SSSR count). The number of carbonyl (C=O) groups excluding carboxylic acids is 1. The Balaban J connectivity index is 2.81. The Hall–Kier alpha value is -1.02. The molecule has 0 aromatic heterocycles. The topological polar surface area (TPSA) is 26.3 Å². The van der Waals surface area contributed by atoms with Crippen LogP contribution in [-0.2, 0) is 0 Å². The van der Waals surface area contributed by atoms with Gasteiger partial charge in [-0.25, -0.2) is 0 Å². The highest BCUT2D eigenvalue weighted by molar-refractivity contribution is 6.30. The lowest BCUT2D eigenvalue weighted by Crippen LogP contribution is -2.07.